The van der Waals surface area contributed by atoms with Crippen LogP contribution in [0.1, 0.15) is 32.0 Å². The van der Waals surface area contributed by atoms with Gasteiger partial charge in [-0.1, -0.05) is 11.8 Å². The molecule has 0 radical (unpaired) electrons. The summed E-state index contributed by atoms with van der Waals surface area (Å²) in [7, 11) is 0. The number of aromatic nitrogens is 2. The van der Waals surface area contributed by atoms with Crippen molar-refractivity contribution in [3.05, 3.63) is 17.5 Å². The first-order valence-corrected chi connectivity index (χ1v) is 6.14. The molecule has 1 rings (SSSR count). The molecule has 0 aliphatic rings. The Morgan fingerprint density at radius 1 is 1.41 bits per heavy atom. The average Bonchev–Trinajstić information content (AvgIpc) is 2.32. The van der Waals surface area contributed by atoms with E-state index in [-0.39, 0.29) is 6.54 Å². The second kappa shape index (κ2) is 6.51. The number of halogens is 3. The zero-order valence-electron chi connectivity index (χ0n) is 12.2. The molecule has 0 saturated heterocycles. The molecule has 22 heavy (non-hydrogen) atoms. The van der Waals surface area contributed by atoms with Crippen molar-refractivity contribution in [3.8, 4) is 11.8 Å². The van der Waals surface area contributed by atoms with Crippen molar-refractivity contribution in [1.82, 2.24) is 15.3 Å². The quantitative estimate of drug-likeness (QED) is 0.773. The van der Waals surface area contributed by atoms with Crippen LogP contribution in [0.4, 0.5) is 23.9 Å². The van der Waals surface area contributed by atoms with Gasteiger partial charge in [0.25, 0.3) is 0 Å². The molecule has 0 aliphatic carbocycles. The van der Waals surface area contributed by atoms with Crippen molar-refractivity contribution >= 4 is 12.0 Å². The number of carbonyl (C=O) groups is 1. The van der Waals surface area contributed by atoms with Crippen LogP contribution in [0, 0.1) is 11.8 Å². The van der Waals surface area contributed by atoms with Crippen LogP contribution in [0.15, 0.2) is 6.20 Å². The predicted molar refractivity (Wildman–Crippen MR) is 72.6 cm³/mol. The van der Waals surface area contributed by atoms with Crippen molar-refractivity contribution in [1.29, 1.82) is 0 Å². The van der Waals surface area contributed by atoms with E-state index in [0.717, 1.165) is 6.20 Å². The Balaban J connectivity index is 2.76. The highest BCUT2D eigenvalue weighted by Gasteiger charge is 2.35. The molecule has 0 bridgehead atoms. The highest BCUT2D eigenvalue weighted by molar-refractivity contribution is 5.68. The summed E-state index contributed by atoms with van der Waals surface area (Å²) in [5.74, 6) is 4.12. The second-order valence-corrected chi connectivity index (χ2v) is 5.15. The highest BCUT2D eigenvalue weighted by atomic mass is 19.4. The molecule has 0 atom stereocenters. The fourth-order valence-electron chi connectivity index (χ4n) is 1.27. The summed E-state index contributed by atoms with van der Waals surface area (Å²) in [5.41, 5.74) is 2.82. The Hall–Kier alpha value is -2.50. The lowest BCUT2D eigenvalue weighted by atomic mass is 10.2. The van der Waals surface area contributed by atoms with Gasteiger partial charge in [0.2, 0.25) is 5.95 Å². The number of amides is 1. The van der Waals surface area contributed by atoms with Crippen LogP contribution >= 0.6 is 0 Å². The number of rotatable bonds is 1. The maximum atomic E-state index is 12.7. The summed E-state index contributed by atoms with van der Waals surface area (Å²) in [5, 5.41) is 2.30. The number of alkyl halides is 3. The van der Waals surface area contributed by atoms with E-state index in [1.807, 2.05) is 0 Å². The third kappa shape index (κ3) is 5.87. The lowest BCUT2D eigenvalue weighted by molar-refractivity contribution is -0.141. The number of nitrogen functional groups attached to an aromatic ring is 1. The van der Waals surface area contributed by atoms with Crippen LogP contribution in [0.2, 0.25) is 0 Å². The van der Waals surface area contributed by atoms with Gasteiger partial charge in [-0.3, -0.25) is 0 Å². The molecule has 0 fully saturated rings. The molecule has 1 aromatic heterocycles. The average molecular weight is 316 g/mol. The molecule has 120 valence electrons. The monoisotopic (exact) mass is 316 g/mol. The Morgan fingerprint density at radius 3 is 2.59 bits per heavy atom. The minimum absolute atomic E-state index is 0.184. The number of anilines is 1. The van der Waals surface area contributed by atoms with Gasteiger partial charge in [-0.05, 0) is 20.8 Å². The molecule has 0 saturated carbocycles. The number of nitrogens with one attached hydrogen (secondary N) is 1. The zero-order valence-corrected chi connectivity index (χ0v) is 12.2. The molecule has 0 aromatic carbocycles. The fraction of sp³-hybridized carbons (Fsp3) is 0.462. The summed E-state index contributed by atoms with van der Waals surface area (Å²) in [4.78, 5) is 17.9. The first kappa shape index (κ1) is 17.6. The van der Waals surface area contributed by atoms with Gasteiger partial charge in [0.15, 0.2) is 5.69 Å². The summed E-state index contributed by atoms with van der Waals surface area (Å²) in [6.07, 6.45) is -4.53. The van der Waals surface area contributed by atoms with Gasteiger partial charge in [0.05, 0.1) is 12.1 Å². The van der Waals surface area contributed by atoms with Crippen LogP contribution in [0.5, 0.6) is 0 Å². The van der Waals surface area contributed by atoms with Crippen LogP contribution < -0.4 is 11.1 Å². The molecule has 1 heterocycles. The third-order valence-corrected chi connectivity index (χ3v) is 2.02. The first-order chi connectivity index (χ1) is 9.99. The number of nitrogens with two attached hydrogens (primary N) is 1. The fourth-order valence-corrected chi connectivity index (χ4v) is 1.27. The topological polar surface area (TPSA) is 90.1 Å². The number of nitrogens with zero attached hydrogens (tertiary/aromatic N) is 2. The molecule has 6 nitrogen and oxygen atoms in total. The molecule has 3 N–H and O–H groups in total. The van der Waals surface area contributed by atoms with E-state index in [4.69, 9.17) is 10.5 Å². The summed E-state index contributed by atoms with van der Waals surface area (Å²) < 4.78 is 43.2. The van der Waals surface area contributed by atoms with Gasteiger partial charge in [-0.2, -0.15) is 13.2 Å². The molecule has 0 aliphatic heterocycles. The number of hydrogen-bond donors (Lipinski definition) is 2. The molecule has 0 spiro atoms. The van der Waals surface area contributed by atoms with E-state index in [9.17, 15) is 18.0 Å². The van der Waals surface area contributed by atoms with Gasteiger partial charge >= 0.3 is 12.3 Å². The van der Waals surface area contributed by atoms with Crippen molar-refractivity contribution in [3.63, 3.8) is 0 Å². The highest BCUT2D eigenvalue weighted by Crippen LogP contribution is 2.29. The van der Waals surface area contributed by atoms with Crippen molar-refractivity contribution in [2.45, 2.75) is 32.5 Å². The smallest absolute Gasteiger partial charge is 0.434 e. The third-order valence-electron chi connectivity index (χ3n) is 2.02. The second-order valence-electron chi connectivity index (χ2n) is 5.15. The van der Waals surface area contributed by atoms with E-state index >= 15 is 0 Å². The first-order valence-electron chi connectivity index (χ1n) is 6.14. The van der Waals surface area contributed by atoms with E-state index in [2.05, 4.69) is 27.1 Å². The zero-order chi connectivity index (χ0) is 17.0. The van der Waals surface area contributed by atoms with Gasteiger partial charge < -0.3 is 15.8 Å². The van der Waals surface area contributed by atoms with Gasteiger partial charge in [-0.25, -0.2) is 14.8 Å². The van der Waals surface area contributed by atoms with Crippen LogP contribution in [0.3, 0.4) is 0 Å². The SMILES string of the molecule is CC(C)(C)OC(=O)NCC#Cc1cnc(N)nc1C(F)(F)F. The van der Waals surface area contributed by atoms with E-state index in [1.54, 1.807) is 20.8 Å². The lowest BCUT2D eigenvalue weighted by Gasteiger charge is -2.19. The van der Waals surface area contributed by atoms with Gasteiger partial charge in [0.1, 0.15) is 5.60 Å². The van der Waals surface area contributed by atoms with E-state index in [1.165, 1.54) is 0 Å². The Labute approximate surface area is 125 Å². The predicted octanol–water partition coefficient (Wildman–Crippen LogP) is 1.95. The van der Waals surface area contributed by atoms with Crippen LogP contribution in [-0.4, -0.2) is 28.2 Å². The number of hydrogen-bond acceptors (Lipinski definition) is 5. The largest absolute Gasteiger partial charge is 0.444 e. The van der Waals surface area contributed by atoms with Crippen molar-refractivity contribution in [2.24, 2.45) is 0 Å². The number of carbonyl (C=O) groups excluding carboxylic acids is 1. The van der Waals surface area contributed by atoms with Gasteiger partial charge in [0, 0.05) is 6.20 Å². The minimum atomic E-state index is -4.69. The van der Waals surface area contributed by atoms with Gasteiger partial charge in [-0.15, -0.1) is 0 Å². The molecule has 0 unspecified atom stereocenters. The summed E-state index contributed by atoms with van der Waals surface area (Å²) >= 11 is 0. The Kier molecular flexibility index (Phi) is 5.19. The maximum absolute atomic E-state index is 12.7. The summed E-state index contributed by atoms with van der Waals surface area (Å²) in [6, 6.07) is 0. The molecule has 9 heteroatoms. The van der Waals surface area contributed by atoms with E-state index in [0.29, 0.717) is 0 Å². The standard InChI is InChI=1S/C13H15F3N4O2/c1-12(2,3)22-11(21)18-6-4-5-8-7-19-10(17)20-9(8)13(14,15)16/h7H,6H2,1-3H3,(H,18,21)(H2,17,19,20). The molecule has 1 aromatic rings. The maximum Gasteiger partial charge on any atom is 0.434 e. The normalized spacial score (nSPS) is 11.4. The Bertz CT molecular complexity index is 612. The molecular formula is C13H15F3N4O2. The molecule has 1 amide bonds. The lowest BCUT2D eigenvalue weighted by Crippen LogP contribution is -2.32. The minimum Gasteiger partial charge on any atom is -0.444 e. The Morgan fingerprint density at radius 2 is 2.05 bits per heavy atom. The number of ether oxygens (including phenoxy) is 1. The van der Waals surface area contributed by atoms with Crippen LogP contribution in [-0.2, 0) is 10.9 Å². The number of alkyl carbamates (subject to hydrolysis) is 1. The van der Waals surface area contributed by atoms with Crippen LogP contribution in [0.25, 0.3) is 0 Å². The molecular weight excluding hydrogens is 301 g/mol. The van der Waals surface area contributed by atoms with E-state index < -0.39 is 35.1 Å². The van der Waals surface area contributed by atoms with Crippen molar-refractivity contribution < 1.29 is 22.7 Å². The summed E-state index contributed by atoms with van der Waals surface area (Å²) in [6.45, 7) is 4.86. The van der Waals surface area contributed by atoms with Crippen molar-refractivity contribution in [2.75, 3.05) is 12.3 Å².